The molecule has 1 fully saturated rings. The molecule has 0 bridgehead atoms. The quantitative estimate of drug-likeness (QED) is 0.780. The van der Waals surface area contributed by atoms with Crippen molar-refractivity contribution in [2.45, 2.75) is 11.1 Å². The molecule has 0 aliphatic carbocycles. The average molecular weight is 394 g/mol. The van der Waals surface area contributed by atoms with Crippen molar-refractivity contribution in [1.82, 2.24) is 9.21 Å². The summed E-state index contributed by atoms with van der Waals surface area (Å²) in [7, 11) is -2.14. The molecule has 0 atom stereocenters. The largest absolute Gasteiger partial charge is 0.368 e. The fraction of sp³-hybridized carbons (Fsp3) is 0.389. The first kappa shape index (κ1) is 18.9. The number of benzene rings is 1. The van der Waals surface area contributed by atoms with Gasteiger partial charge in [0, 0.05) is 38.9 Å². The molecule has 8 heteroatoms. The lowest BCUT2D eigenvalue weighted by Gasteiger charge is -2.37. The van der Waals surface area contributed by atoms with Gasteiger partial charge in [-0.1, -0.05) is 24.3 Å². The van der Waals surface area contributed by atoms with Crippen molar-refractivity contribution in [2.75, 3.05) is 44.7 Å². The molecule has 0 saturated carbocycles. The Morgan fingerprint density at radius 2 is 1.81 bits per heavy atom. The van der Waals surface area contributed by atoms with E-state index in [9.17, 15) is 13.2 Å². The van der Waals surface area contributed by atoms with Gasteiger partial charge in [0.15, 0.2) is 0 Å². The van der Waals surface area contributed by atoms with E-state index in [-0.39, 0.29) is 16.7 Å². The summed E-state index contributed by atoms with van der Waals surface area (Å²) < 4.78 is 26.3. The lowest BCUT2D eigenvalue weighted by molar-refractivity contribution is -0.131. The third kappa shape index (κ3) is 3.92. The minimum atomic E-state index is -3.59. The van der Waals surface area contributed by atoms with E-state index in [1.165, 1.54) is 18.3 Å². The fourth-order valence-corrected chi connectivity index (χ4v) is 5.38. The molecular weight excluding hydrogens is 370 g/mol. The van der Waals surface area contributed by atoms with Gasteiger partial charge in [0.25, 0.3) is 10.0 Å². The topological polar surface area (TPSA) is 60.9 Å². The Morgan fingerprint density at radius 3 is 2.42 bits per heavy atom. The molecule has 1 aromatic heterocycles. The van der Waals surface area contributed by atoms with Gasteiger partial charge in [-0.2, -0.15) is 4.31 Å². The number of nitrogens with zero attached hydrogens (tertiary/aromatic N) is 3. The van der Waals surface area contributed by atoms with Crippen molar-refractivity contribution < 1.29 is 13.2 Å². The highest BCUT2D eigenvalue weighted by Crippen LogP contribution is 2.22. The summed E-state index contributed by atoms with van der Waals surface area (Å²) in [6.07, 6.45) is 0. The van der Waals surface area contributed by atoms with E-state index in [4.69, 9.17) is 0 Å². The second kappa shape index (κ2) is 7.77. The summed E-state index contributed by atoms with van der Waals surface area (Å²) in [6, 6.07) is 11.5. The van der Waals surface area contributed by atoms with Crippen molar-refractivity contribution in [3.05, 3.63) is 47.3 Å². The third-order valence-corrected chi connectivity index (χ3v) is 7.78. The van der Waals surface area contributed by atoms with Gasteiger partial charge in [-0.25, -0.2) is 8.42 Å². The highest BCUT2D eigenvalue weighted by molar-refractivity contribution is 7.91. The molecule has 0 spiro atoms. The predicted molar refractivity (Wildman–Crippen MR) is 104 cm³/mol. The molecule has 0 unspecified atom stereocenters. The van der Waals surface area contributed by atoms with Gasteiger partial charge >= 0.3 is 0 Å². The maximum Gasteiger partial charge on any atom is 0.252 e. The number of hydrogen-bond donors (Lipinski definition) is 0. The van der Waals surface area contributed by atoms with Gasteiger partial charge in [0.1, 0.15) is 4.21 Å². The van der Waals surface area contributed by atoms with Crippen LogP contribution in [0, 0.1) is 6.92 Å². The minimum Gasteiger partial charge on any atom is -0.368 e. The molecule has 0 radical (unpaired) electrons. The van der Waals surface area contributed by atoms with E-state index < -0.39 is 10.0 Å². The van der Waals surface area contributed by atoms with Gasteiger partial charge < -0.3 is 9.80 Å². The zero-order chi connectivity index (χ0) is 18.7. The number of likely N-dealkylation sites (N-methyl/N-ethyl adjacent to an activating group) is 1. The first-order valence-corrected chi connectivity index (χ1v) is 10.8. The highest BCUT2D eigenvalue weighted by Gasteiger charge is 2.27. The van der Waals surface area contributed by atoms with Crippen LogP contribution in [0.2, 0.25) is 0 Å². The summed E-state index contributed by atoms with van der Waals surface area (Å²) in [4.78, 5) is 16.6. The molecule has 1 saturated heterocycles. The Hall–Kier alpha value is -1.90. The van der Waals surface area contributed by atoms with Crippen molar-refractivity contribution in [3.8, 4) is 0 Å². The number of carbonyl (C=O) groups is 1. The van der Waals surface area contributed by atoms with Gasteiger partial charge in [-0.3, -0.25) is 4.79 Å². The summed E-state index contributed by atoms with van der Waals surface area (Å²) in [5, 5.41) is 1.72. The molecular formula is C18H23N3O3S2. The van der Waals surface area contributed by atoms with Crippen LogP contribution in [0.4, 0.5) is 5.69 Å². The number of amides is 1. The number of sulfonamides is 1. The van der Waals surface area contributed by atoms with Crippen LogP contribution in [0.25, 0.3) is 0 Å². The first-order chi connectivity index (χ1) is 12.4. The van der Waals surface area contributed by atoms with E-state index >= 15 is 0 Å². The third-order valence-electron chi connectivity index (χ3n) is 4.61. The fourth-order valence-electron chi connectivity index (χ4n) is 3.05. The maximum absolute atomic E-state index is 12.5. The first-order valence-electron chi connectivity index (χ1n) is 8.48. The van der Waals surface area contributed by atoms with Gasteiger partial charge in [-0.05, 0) is 30.0 Å². The molecule has 0 N–H and O–H groups in total. The Kier molecular flexibility index (Phi) is 5.64. The summed E-state index contributed by atoms with van der Waals surface area (Å²) in [6.45, 7) is 4.64. The Bertz CT molecular complexity index is 858. The van der Waals surface area contributed by atoms with Crippen LogP contribution >= 0.6 is 11.3 Å². The molecule has 2 heterocycles. The predicted octanol–water partition coefficient (Wildman–Crippen LogP) is 2.03. The molecule has 1 aliphatic rings. The van der Waals surface area contributed by atoms with Crippen LogP contribution < -0.4 is 4.90 Å². The number of hydrogen-bond acceptors (Lipinski definition) is 5. The Labute approximate surface area is 158 Å². The summed E-state index contributed by atoms with van der Waals surface area (Å²) in [5.74, 6) is -0.155. The standard InChI is InChI=1S/C18H23N3O3S2/c1-15-6-3-4-7-16(15)20-9-11-21(12-10-20)17(22)14-19(2)26(23,24)18-8-5-13-25-18/h3-8,13H,9-12,14H2,1-2H3. The monoisotopic (exact) mass is 393 g/mol. The second-order valence-corrected chi connectivity index (χ2v) is 9.57. The van der Waals surface area contributed by atoms with E-state index in [1.54, 1.807) is 22.4 Å². The lowest BCUT2D eigenvalue weighted by atomic mass is 10.1. The second-order valence-electron chi connectivity index (χ2n) is 6.35. The van der Waals surface area contributed by atoms with Crippen molar-refractivity contribution in [2.24, 2.45) is 0 Å². The minimum absolute atomic E-state index is 0.134. The van der Waals surface area contributed by atoms with Crippen molar-refractivity contribution >= 4 is 33.0 Å². The zero-order valence-electron chi connectivity index (χ0n) is 15.0. The van der Waals surface area contributed by atoms with Gasteiger partial charge in [0.05, 0.1) is 6.54 Å². The number of carbonyl (C=O) groups excluding carboxylic acids is 1. The number of anilines is 1. The smallest absolute Gasteiger partial charge is 0.252 e. The molecule has 26 heavy (non-hydrogen) atoms. The summed E-state index contributed by atoms with van der Waals surface area (Å²) >= 11 is 1.16. The highest BCUT2D eigenvalue weighted by atomic mass is 32.2. The average Bonchev–Trinajstić information content (AvgIpc) is 3.18. The van der Waals surface area contributed by atoms with Crippen molar-refractivity contribution in [3.63, 3.8) is 0 Å². The normalized spacial score (nSPS) is 15.5. The van der Waals surface area contributed by atoms with Crippen molar-refractivity contribution in [1.29, 1.82) is 0 Å². The number of aryl methyl sites for hydroxylation is 1. The number of thiophene rings is 1. The summed E-state index contributed by atoms with van der Waals surface area (Å²) in [5.41, 5.74) is 2.41. The van der Waals surface area contributed by atoms with Crippen LogP contribution in [0.1, 0.15) is 5.56 Å². The van der Waals surface area contributed by atoms with Crippen LogP contribution in [-0.2, 0) is 14.8 Å². The zero-order valence-corrected chi connectivity index (χ0v) is 16.6. The maximum atomic E-state index is 12.5. The van der Waals surface area contributed by atoms with E-state index in [2.05, 4.69) is 24.0 Å². The molecule has 2 aromatic rings. The van der Waals surface area contributed by atoms with E-state index in [0.29, 0.717) is 13.1 Å². The molecule has 3 rings (SSSR count). The molecule has 1 aliphatic heterocycles. The Balaban J connectivity index is 1.58. The number of rotatable bonds is 5. The SMILES string of the molecule is Cc1ccccc1N1CCN(C(=O)CN(C)S(=O)(=O)c2cccs2)CC1. The molecule has 6 nitrogen and oxygen atoms in total. The molecule has 1 aromatic carbocycles. The number of para-hydroxylation sites is 1. The van der Waals surface area contributed by atoms with E-state index in [0.717, 1.165) is 28.7 Å². The van der Waals surface area contributed by atoms with Crippen LogP contribution in [-0.4, -0.2) is 63.3 Å². The lowest BCUT2D eigenvalue weighted by Crippen LogP contribution is -2.51. The molecule has 140 valence electrons. The number of piperazine rings is 1. The van der Waals surface area contributed by atoms with E-state index in [1.807, 2.05) is 12.1 Å². The van der Waals surface area contributed by atoms with Crippen LogP contribution in [0.15, 0.2) is 46.0 Å². The van der Waals surface area contributed by atoms with Crippen LogP contribution in [0.5, 0.6) is 0 Å². The van der Waals surface area contributed by atoms with Crippen LogP contribution in [0.3, 0.4) is 0 Å². The van der Waals surface area contributed by atoms with Gasteiger partial charge in [0.2, 0.25) is 5.91 Å². The molecule has 1 amide bonds. The Morgan fingerprint density at radius 1 is 1.12 bits per heavy atom. The van der Waals surface area contributed by atoms with Gasteiger partial charge in [-0.15, -0.1) is 11.3 Å².